The molecule has 0 aromatic carbocycles. The average molecular weight is 155 g/mol. The predicted octanol–water partition coefficient (Wildman–Crippen LogP) is 1.19. The van der Waals surface area contributed by atoms with E-state index < -0.39 is 0 Å². The summed E-state index contributed by atoms with van der Waals surface area (Å²) in [5.41, 5.74) is 0.539. The van der Waals surface area contributed by atoms with Gasteiger partial charge in [0.25, 0.3) is 0 Å². The highest BCUT2D eigenvalue weighted by molar-refractivity contribution is 5.75. The maximum atomic E-state index is 10.5. The van der Waals surface area contributed by atoms with Crippen LogP contribution in [0.1, 0.15) is 13.8 Å². The van der Waals surface area contributed by atoms with Crippen molar-refractivity contribution in [2.24, 2.45) is 0 Å². The molecule has 0 fully saturated rings. The summed E-state index contributed by atoms with van der Waals surface area (Å²) in [5.74, 6) is 0.582. The molecular weight excluding hydrogens is 142 g/mol. The van der Waals surface area contributed by atoms with E-state index >= 15 is 0 Å². The number of nitrogens with one attached hydrogen (secondary N) is 1. The fourth-order valence-corrected chi connectivity index (χ4v) is 0.566. The highest BCUT2D eigenvalue weighted by Gasteiger charge is 1.92. The Hall–Kier alpha value is -1.25. The maximum absolute atomic E-state index is 10.5. The topological polar surface area (TPSA) is 38.3 Å². The Morgan fingerprint density at radius 1 is 1.55 bits per heavy atom. The standard InChI is InChI=1S/C8H13NO2/c1-6(9-8(3)10)5-7(2)11-4/h5H,1H2,2-4H3,(H,9,10)/b7-5-. The summed E-state index contributed by atoms with van der Waals surface area (Å²) in [4.78, 5) is 10.5. The fraction of sp³-hybridized carbons (Fsp3) is 0.375. The first-order chi connectivity index (χ1) is 5.06. The number of carbonyl (C=O) groups excluding carboxylic acids is 1. The van der Waals surface area contributed by atoms with Crippen LogP contribution < -0.4 is 5.32 Å². The number of ether oxygens (including phenoxy) is 1. The van der Waals surface area contributed by atoms with E-state index in [1.54, 1.807) is 20.1 Å². The van der Waals surface area contributed by atoms with Crippen molar-refractivity contribution in [1.29, 1.82) is 0 Å². The highest BCUT2D eigenvalue weighted by atomic mass is 16.5. The molecule has 0 aromatic rings. The number of rotatable bonds is 3. The van der Waals surface area contributed by atoms with Crippen molar-refractivity contribution in [3.8, 4) is 0 Å². The van der Waals surface area contributed by atoms with Gasteiger partial charge >= 0.3 is 0 Å². The second kappa shape index (κ2) is 4.55. The van der Waals surface area contributed by atoms with Gasteiger partial charge in [0.1, 0.15) is 0 Å². The van der Waals surface area contributed by atoms with Crippen LogP contribution in [0.15, 0.2) is 24.1 Å². The van der Waals surface area contributed by atoms with E-state index in [1.165, 1.54) is 6.92 Å². The molecule has 11 heavy (non-hydrogen) atoms. The van der Waals surface area contributed by atoms with Crippen molar-refractivity contribution >= 4 is 5.91 Å². The molecule has 0 saturated heterocycles. The van der Waals surface area contributed by atoms with E-state index in [9.17, 15) is 4.79 Å². The molecule has 0 aromatic heterocycles. The molecular formula is C8H13NO2. The molecule has 0 aliphatic heterocycles. The molecule has 0 heterocycles. The third-order valence-electron chi connectivity index (χ3n) is 1.04. The molecule has 0 atom stereocenters. The van der Waals surface area contributed by atoms with Crippen molar-refractivity contribution in [2.75, 3.05) is 7.11 Å². The van der Waals surface area contributed by atoms with E-state index in [-0.39, 0.29) is 5.91 Å². The van der Waals surface area contributed by atoms with E-state index in [2.05, 4.69) is 11.9 Å². The lowest BCUT2D eigenvalue weighted by Crippen LogP contribution is -2.17. The molecule has 0 rings (SSSR count). The summed E-state index contributed by atoms with van der Waals surface area (Å²) in [5, 5.41) is 2.52. The minimum absolute atomic E-state index is 0.129. The molecule has 62 valence electrons. The van der Waals surface area contributed by atoms with Crippen LogP contribution in [0.2, 0.25) is 0 Å². The van der Waals surface area contributed by atoms with E-state index in [1.807, 2.05) is 0 Å². The minimum Gasteiger partial charge on any atom is -0.501 e. The molecule has 3 heteroatoms. The first kappa shape index (κ1) is 9.75. The van der Waals surface area contributed by atoms with Crippen LogP contribution in [0, 0.1) is 0 Å². The number of amides is 1. The Kier molecular flexibility index (Phi) is 4.03. The van der Waals surface area contributed by atoms with Crippen LogP contribution in [0.5, 0.6) is 0 Å². The van der Waals surface area contributed by atoms with E-state index in [4.69, 9.17) is 4.74 Å². The van der Waals surface area contributed by atoms with Gasteiger partial charge in [-0.2, -0.15) is 0 Å². The van der Waals surface area contributed by atoms with Crippen LogP contribution in [-0.4, -0.2) is 13.0 Å². The quantitative estimate of drug-likeness (QED) is 0.491. The summed E-state index contributed by atoms with van der Waals surface area (Å²) in [6, 6.07) is 0. The summed E-state index contributed by atoms with van der Waals surface area (Å²) < 4.78 is 4.85. The van der Waals surface area contributed by atoms with Gasteiger partial charge in [-0.3, -0.25) is 4.79 Å². The molecule has 0 radical (unpaired) electrons. The normalized spacial score (nSPS) is 10.6. The van der Waals surface area contributed by atoms with Crippen molar-refractivity contribution in [1.82, 2.24) is 5.32 Å². The Balaban J connectivity index is 3.96. The number of carbonyl (C=O) groups is 1. The van der Waals surface area contributed by atoms with Gasteiger partial charge in [0.15, 0.2) is 0 Å². The van der Waals surface area contributed by atoms with Gasteiger partial charge in [-0.25, -0.2) is 0 Å². The number of methoxy groups -OCH3 is 1. The minimum atomic E-state index is -0.129. The van der Waals surface area contributed by atoms with Gasteiger partial charge in [-0.1, -0.05) is 6.58 Å². The van der Waals surface area contributed by atoms with Crippen LogP contribution in [0.25, 0.3) is 0 Å². The zero-order valence-electron chi connectivity index (χ0n) is 7.10. The first-order valence-electron chi connectivity index (χ1n) is 3.25. The zero-order chi connectivity index (χ0) is 8.85. The van der Waals surface area contributed by atoms with Gasteiger partial charge in [0.05, 0.1) is 12.9 Å². The van der Waals surface area contributed by atoms with E-state index in [0.717, 1.165) is 0 Å². The van der Waals surface area contributed by atoms with Crippen LogP contribution in [0.4, 0.5) is 0 Å². The SMILES string of the molecule is C=C(/C=C(/C)OC)NC(C)=O. The summed E-state index contributed by atoms with van der Waals surface area (Å²) in [6.07, 6.45) is 1.65. The van der Waals surface area contributed by atoms with Gasteiger partial charge < -0.3 is 10.1 Å². The lowest BCUT2D eigenvalue weighted by molar-refractivity contribution is -0.118. The van der Waals surface area contributed by atoms with Crippen molar-refractivity contribution in [2.45, 2.75) is 13.8 Å². The van der Waals surface area contributed by atoms with Gasteiger partial charge in [-0.05, 0) is 13.0 Å². The van der Waals surface area contributed by atoms with Gasteiger partial charge in [-0.15, -0.1) is 0 Å². The third kappa shape index (κ3) is 5.21. The van der Waals surface area contributed by atoms with Crippen molar-refractivity contribution in [3.63, 3.8) is 0 Å². The molecule has 1 amide bonds. The van der Waals surface area contributed by atoms with Crippen LogP contribution >= 0.6 is 0 Å². The van der Waals surface area contributed by atoms with Crippen molar-refractivity contribution in [3.05, 3.63) is 24.1 Å². The summed E-state index contributed by atoms with van der Waals surface area (Å²) >= 11 is 0. The molecule has 3 nitrogen and oxygen atoms in total. The van der Waals surface area contributed by atoms with Crippen LogP contribution in [-0.2, 0) is 9.53 Å². The van der Waals surface area contributed by atoms with Gasteiger partial charge in [0, 0.05) is 12.6 Å². The first-order valence-corrected chi connectivity index (χ1v) is 3.25. The smallest absolute Gasteiger partial charge is 0.221 e. The molecule has 0 bridgehead atoms. The third-order valence-corrected chi connectivity index (χ3v) is 1.04. The average Bonchev–Trinajstić information content (AvgIpc) is 1.85. The Bertz CT molecular complexity index is 194. The number of allylic oxidation sites excluding steroid dienone is 2. The molecule has 0 saturated carbocycles. The monoisotopic (exact) mass is 155 g/mol. The van der Waals surface area contributed by atoms with E-state index in [0.29, 0.717) is 11.5 Å². The zero-order valence-corrected chi connectivity index (χ0v) is 7.10. The van der Waals surface area contributed by atoms with Crippen molar-refractivity contribution < 1.29 is 9.53 Å². The predicted molar refractivity (Wildman–Crippen MR) is 43.7 cm³/mol. The second-order valence-corrected chi connectivity index (χ2v) is 2.17. The number of hydrogen-bond donors (Lipinski definition) is 1. The Morgan fingerprint density at radius 2 is 2.09 bits per heavy atom. The van der Waals surface area contributed by atoms with Crippen LogP contribution in [0.3, 0.4) is 0 Å². The fourth-order valence-electron chi connectivity index (χ4n) is 0.566. The molecule has 0 spiro atoms. The maximum Gasteiger partial charge on any atom is 0.221 e. The lowest BCUT2D eigenvalue weighted by Gasteiger charge is -2.02. The highest BCUT2D eigenvalue weighted by Crippen LogP contribution is 1.96. The molecule has 1 N–H and O–H groups in total. The molecule has 0 unspecified atom stereocenters. The molecule has 0 aliphatic rings. The second-order valence-electron chi connectivity index (χ2n) is 2.17. The Labute approximate surface area is 66.7 Å². The summed E-state index contributed by atoms with van der Waals surface area (Å²) in [7, 11) is 1.56. The number of hydrogen-bond acceptors (Lipinski definition) is 2. The Morgan fingerprint density at radius 3 is 2.45 bits per heavy atom. The molecule has 0 aliphatic carbocycles. The largest absolute Gasteiger partial charge is 0.501 e. The lowest BCUT2D eigenvalue weighted by atomic mass is 10.4. The van der Waals surface area contributed by atoms with Gasteiger partial charge in [0.2, 0.25) is 5.91 Å². The summed E-state index contributed by atoms with van der Waals surface area (Å²) in [6.45, 7) is 6.81.